The number of carbonyl (C=O) groups is 4. The van der Waals surface area contributed by atoms with E-state index in [1.807, 2.05) is 79.2 Å². The molecule has 0 saturated heterocycles. The largest absolute Gasteiger partial charge is 0.493 e. The van der Waals surface area contributed by atoms with Crippen LogP contribution in [-0.2, 0) is 35.6 Å². The number of rotatable bonds is 18. The number of methoxy groups -OCH3 is 2. The minimum absolute atomic E-state index is 0.0775. The number of ketones is 1. The first kappa shape index (κ1) is 47.5. The molecule has 0 saturated carbocycles. The summed E-state index contributed by atoms with van der Waals surface area (Å²) in [6.45, 7) is 8.16. The molecule has 9 rings (SSSR count). The number of amides is 3. The molecule has 1 unspecified atom stereocenters. The fourth-order valence-electron chi connectivity index (χ4n) is 9.05. The molecule has 4 aliphatic rings. The van der Waals surface area contributed by atoms with Gasteiger partial charge in [0.25, 0.3) is 11.8 Å². The van der Waals surface area contributed by atoms with E-state index in [9.17, 15) is 19.2 Å². The number of benzene rings is 5. The molecule has 3 amide bonds. The van der Waals surface area contributed by atoms with Crippen LogP contribution in [0.15, 0.2) is 101 Å². The molecule has 0 aliphatic carbocycles. The zero-order valence-corrected chi connectivity index (χ0v) is 41.2. The predicted molar refractivity (Wildman–Crippen MR) is 275 cm³/mol. The zero-order valence-electron chi connectivity index (χ0n) is 39.6. The molecule has 5 aromatic rings. The van der Waals surface area contributed by atoms with Crippen molar-refractivity contribution < 1.29 is 38.1 Å². The molecule has 0 fully saturated rings. The number of aliphatic imine (C=N–C) groups is 2. The van der Waals surface area contributed by atoms with Crippen LogP contribution in [0.3, 0.4) is 0 Å². The Morgan fingerprint density at radius 3 is 1.72 bits per heavy atom. The van der Waals surface area contributed by atoms with E-state index in [2.05, 4.69) is 26.1 Å². The first-order valence-corrected chi connectivity index (χ1v) is 25.4. The molecule has 0 aromatic heterocycles. The topological polar surface area (TPSA) is 148 Å². The van der Waals surface area contributed by atoms with Crippen molar-refractivity contribution >= 4 is 86.0 Å². The third-order valence-electron chi connectivity index (χ3n) is 12.7. The molecule has 1 N–H and O–H groups in total. The van der Waals surface area contributed by atoms with Crippen LogP contribution in [0.1, 0.15) is 96.3 Å². The van der Waals surface area contributed by atoms with E-state index in [1.54, 1.807) is 62.6 Å². The zero-order chi connectivity index (χ0) is 48.4. The van der Waals surface area contributed by atoms with E-state index in [-0.39, 0.29) is 53.5 Å². The Morgan fingerprint density at radius 2 is 1.23 bits per heavy atom. The van der Waals surface area contributed by atoms with Gasteiger partial charge in [0.05, 0.1) is 48.8 Å². The van der Waals surface area contributed by atoms with Crippen LogP contribution in [0.5, 0.6) is 23.0 Å². The number of anilines is 3. The van der Waals surface area contributed by atoms with Crippen molar-refractivity contribution in [3.05, 3.63) is 124 Å². The standard InChI is InChI=1S/C54H55N5O8S2/c1-32(60)15-16-33(2)68-69-54(3,4)18-17-51(61)57-38-20-34(30-66-49-26-43-41(24-47(49)64-5)52(62)58-39(28-55-43)22-36-11-7-9-13-45(36)58)19-35(21-38)31-67-50-27-44-42(25-48(50)65-6)53(63)59-40(29-56-44)23-37-12-8-10-14-46(37)59/h7-14,19-21,24-29,33,39-40H,15-18,22-23,30-31H2,1-6H3,(H,57,61)/t33?,39-,40-/m0/s1. The molecule has 0 bridgehead atoms. The van der Waals surface area contributed by atoms with Crippen molar-refractivity contribution in [1.82, 2.24) is 0 Å². The Kier molecular flexibility index (Phi) is 13.9. The van der Waals surface area contributed by atoms with E-state index in [1.165, 1.54) is 14.2 Å². The third kappa shape index (κ3) is 10.4. The molecule has 13 nitrogen and oxygen atoms in total. The minimum Gasteiger partial charge on any atom is -0.493 e. The second-order valence-corrected chi connectivity index (χ2v) is 21.7. The van der Waals surface area contributed by atoms with Crippen molar-refractivity contribution in [3.8, 4) is 23.0 Å². The van der Waals surface area contributed by atoms with E-state index >= 15 is 0 Å². The fraction of sp³-hybridized carbons (Fsp3) is 0.333. The fourth-order valence-corrected chi connectivity index (χ4v) is 11.7. The SMILES string of the molecule is COc1cc2c(cc1OCc1cc(COc3cc4c(cc3OC)C(=O)N3c5ccccc5C[C@H]3C=N4)cc(NC(=O)CCC(C)(C)SSC(C)CCC(C)=O)c1)N=C[C@@H]1Cc3ccccc3N1C2=O. The normalized spacial score (nSPS) is 16.8. The summed E-state index contributed by atoms with van der Waals surface area (Å²) in [7, 11) is 6.56. The lowest BCUT2D eigenvalue weighted by Crippen LogP contribution is -2.37. The van der Waals surface area contributed by atoms with E-state index in [0.29, 0.717) is 88.5 Å². The highest BCUT2D eigenvalue weighted by atomic mass is 33.1. The summed E-state index contributed by atoms with van der Waals surface area (Å²) in [5.74, 6) is 1.29. The molecular weight excluding hydrogens is 911 g/mol. The van der Waals surface area contributed by atoms with Gasteiger partial charge in [0.2, 0.25) is 5.91 Å². The number of hydrogen-bond donors (Lipinski definition) is 1. The lowest BCUT2D eigenvalue weighted by molar-refractivity contribution is -0.117. The average Bonchev–Trinajstić information content (AvgIpc) is 3.84. The van der Waals surface area contributed by atoms with Crippen LogP contribution in [0.4, 0.5) is 28.4 Å². The van der Waals surface area contributed by atoms with Gasteiger partial charge in [0.15, 0.2) is 23.0 Å². The smallest absolute Gasteiger partial charge is 0.261 e. The summed E-state index contributed by atoms with van der Waals surface area (Å²) in [5, 5.41) is 3.43. The van der Waals surface area contributed by atoms with Gasteiger partial charge in [-0.2, -0.15) is 0 Å². The van der Waals surface area contributed by atoms with E-state index < -0.39 is 0 Å². The Morgan fingerprint density at radius 1 is 0.725 bits per heavy atom. The number of Topliss-reactive ketones (excluding diaryl/α,β-unsaturated/α-hetero) is 1. The van der Waals surface area contributed by atoms with Crippen molar-refractivity contribution in [2.24, 2.45) is 9.98 Å². The summed E-state index contributed by atoms with van der Waals surface area (Å²) in [5.41, 5.74) is 7.77. The van der Waals surface area contributed by atoms with Gasteiger partial charge in [-0.3, -0.25) is 34.2 Å². The maximum Gasteiger partial charge on any atom is 0.261 e. The van der Waals surface area contributed by atoms with Crippen LogP contribution < -0.4 is 34.1 Å². The van der Waals surface area contributed by atoms with Crippen molar-refractivity contribution in [2.75, 3.05) is 29.3 Å². The van der Waals surface area contributed by atoms with Gasteiger partial charge in [-0.05, 0) is 98.3 Å². The number of nitrogens with zero attached hydrogens (tertiary/aromatic N) is 4. The molecule has 4 aliphatic heterocycles. The van der Waals surface area contributed by atoms with Crippen LogP contribution in [-0.4, -0.2) is 72.2 Å². The molecular formula is C54H55N5O8S2. The lowest BCUT2D eigenvalue weighted by Gasteiger charge is -2.24. The highest BCUT2D eigenvalue weighted by Crippen LogP contribution is 2.44. The lowest BCUT2D eigenvalue weighted by atomic mass is 10.1. The maximum atomic E-state index is 14.1. The third-order valence-corrected chi connectivity index (χ3v) is 16.6. The second kappa shape index (κ2) is 20.2. The second-order valence-electron chi connectivity index (χ2n) is 18.4. The summed E-state index contributed by atoms with van der Waals surface area (Å²) in [6.07, 6.45) is 7.30. The quantitative estimate of drug-likeness (QED) is 0.0841. The van der Waals surface area contributed by atoms with Gasteiger partial charge in [-0.25, -0.2) is 0 Å². The average molecular weight is 966 g/mol. The first-order chi connectivity index (χ1) is 33.3. The number of fused-ring (bicyclic) bond motifs is 8. The number of nitrogens with one attached hydrogen (secondary N) is 1. The Labute approximate surface area is 410 Å². The number of ether oxygens (including phenoxy) is 4. The molecule has 4 heterocycles. The van der Waals surface area contributed by atoms with Gasteiger partial charge in [0.1, 0.15) is 19.0 Å². The number of hydrogen-bond acceptors (Lipinski definition) is 12. The van der Waals surface area contributed by atoms with Gasteiger partial charge >= 0.3 is 0 Å². The maximum absolute atomic E-state index is 14.1. The van der Waals surface area contributed by atoms with Gasteiger partial charge in [-0.15, -0.1) is 0 Å². The summed E-state index contributed by atoms with van der Waals surface area (Å²) >= 11 is 0. The first-order valence-electron chi connectivity index (χ1n) is 23.1. The predicted octanol–water partition coefficient (Wildman–Crippen LogP) is 11.1. The van der Waals surface area contributed by atoms with Crippen molar-refractivity contribution in [1.29, 1.82) is 0 Å². The number of carbonyl (C=O) groups excluding carboxylic acids is 4. The van der Waals surface area contributed by atoms with Crippen LogP contribution in [0, 0.1) is 0 Å². The van der Waals surface area contributed by atoms with Crippen molar-refractivity contribution in [3.63, 3.8) is 0 Å². The Balaban J connectivity index is 0.947. The minimum atomic E-state index is -0.205. The van der Waals surface area contributed by atoms with Gasteiger partial charge in [0, 0.05) is 77.3 Å². The highest BCUT2D eigenvalue weighted by molar-refractivity contribution is 8.77. The molecule has 356 valence electrons. The number of para-hydroxylation sites is 2. The Hall–Kier alpha value is -6.58. The molecule has 0 spiro atoms. The van der Waals surface area contributed by atoms with Gasteiger partial charge < -0.3 is 29.1 Å². The monoisotopic (exact) mass is 965 g/mol. The van der Waals surface area contributed by atoms with Crippen LogP contribution in [0.2, 0.25) is 0 Å². The molecule has 15 heteroatoms. The summed E-state index contributed by atoms with van der Waals surface area (Å²) in [4.78, 5) is 66.4. The summed E-state index contributed by atoms with van der Waals surface area (Å²) < 4.78 is 24.3. The molecule has 0 radical (unpaired) electrons. The highest BCUT2D eigenvalue weighted by Gasteiger charge is 2.38. The van der Waals surface area contributed by atoms with E-state index in [0.717, 1.165) is 40.0 Å². The van der Waals surface area contributed by atoms with Crippen LogP contribution >= 0.6 is 21.6 Å². The Bertz CT molecular complexity index is 2740. The molecule has 3 atom stereocenters. The molecule has 69 heavy (non-hydrogen) atoms. The van der Waals surface area contributed by atoms with Crippen molar-refractivity contribution in [2.45, 2.75) is 102 Å². The molecule has 5 aromatic carbocycles. The van der Waals surface area contributed by atoms with Crippen LogP contribution in [0.25, 0.3) is 0 Å². The van der Waals surface area contributed by atoms with Gasteiger partial charge in [-0.1, -0.05) is 64.9 Å². The van der Waals surface area contributed by atoms with E-state index in [4.69, 9.17) is 28.9 Å². The summed E-state index contributed by atoms with van der Waals surface area (Å²) in [6, 6.07) is 27.9.